The van der Waals surface area contributed by atoms with Gasteiger partial charge in [0.25, 0.3) is 11.8 Å². The number of carbonyl (C=O) groups excluding carboxylic acids is 2. The molecule has 0 bridgehead atoms. The topological polar surface area (TPSA) is 135 Å². The number of amides is 1. The standard InChI is InChI=1S/C25H26FN3O6/c1-2-20(34-17-11-9-16(10-12-17)21(31)15-7-8-15)23-28-24(29-35-23)25(33,14-30)13-27-22(32)18-5-3-4-6-19(18)26/h3-6,9-12,15,20,30,33H,2,7-8,13-14H2,1H3,(H,27,32)/t20-,25+/m1/s1. The van der Waals surface area contributed by atoms with Crippen molar-refractivity contribution in [3.05, 3.63) is 77.2 Å². The smallest absolute Gasteiger partial charge is 0.267 e. The number of carbonyl (C=O) groups is 2. The second kappa shape index (κ2) is 10.3. The average molecular weight is 483 g/mol. The number of ether oxygens (including phenoxy) is 1. The van der Waals surface area contributed by atoms with E-state index in [1.54, 1.807) is 24.3 Å². The Balaban J connectivity index is 1.42. The van der Waals surface area contributed by atoms with E-state index in [0.717, 1.165) is 18.9 Å². The first-order valence-corrected chi connectivity index (χ1v) is 11.4. The van der Waals surface area contributed by atoms with Gasteiger partial charge in [-0.15, -0.1) is 0 Å². The van der Waals surface area contributed by atoms with Crippen molar-refractivity contribution in [3.63, 3.8) is 0 Å². The van der Waals surface area contributed by atoms with Gasteiger partial charge in [0, 0.05) is 11.5 Å². The van der Waals surface area contributed by atoms with Crippen molar-refractivity contribution in [2.75, 3.05) is 13.2 Å². The fourth-order valence-corrected chi connectivity index (χ4v) is 3.48. The predicted molar refractivity (Wildman–Crippen MR) is 121 cm³/mol. The van der Waals surface area contributed by atoms with Gasteiger partial charge in [0.15, 0.2) is 17.5 Å². The maximum Gasteiger partial charge on any atom is 0.267 e. The van der Waals surface area contributed by atoms with Gasteiger partial charge < -0.3 is 24.8 Å². The molecule has 2 atom stereocenters. The van der Waals surface area contributed by atoms with Crippen LogP contribution in [0.25, 0.3) is 0 Å². The van der Waals surface area contributed by atoms with Gasteiger partial charge in [-0.2, -0.15) is 4.98 Å². The molecule has 10 heteroatoms. The van der Waals surface area contributed by atoms with E-state index >= 15 is 0 Å². The van der Waals surface area contributed by atoms with Crippen LogP contribution < -0.4 is 10.1 Å². The Hall–Kier alpha value is -3.63. The third-order valence-electron chi connectivity index (χ3n) is 5.79. The van der Waals surface area contributed by atoms with Gasteiger partial charge in [-0.3, -0.25) is 9.59 Å². The zero-order valence-electron chi connectivity index (χ0n) is 19.1. The lowest BCUT2D eigenvalue weighted by Crippen LogP contribution is -2.44. The molecule has 35 heavy (non-hydrogen) atoms. The first-order valence-electron chi connectivity index (χ1n) is 11.4. The van der Waals surface area contributed by atoms with Crippen LogP contribution in [0.1, 0.15) is 64.7 Å². The second-order valence-corrected chi connectivity index (χ2v) is 8.49. The minimum Gasteiger partial charge on any atom is -0.481 e. The summed E-state index contributed by atoms with van der Waals surface area (Å²) < 4.78 is 25.0. The lowest BCUT2D eigenvalue weighted by Gasteiger charge is -2.22. The van der Waals surface area contributed by atoms with Crippen LogP contribution in [0, 0.1) is 11.7 Å². The number of aliphatic hydroxyl groups is 2. The molecule has 0 saturated heterocycles. The minimum atomic E-state index is -2.06. The maximum absolute atomic E-state index is 13.8. The van der Waals surface area contributed by atoms with Crippen LogP contribution in [0.5, 0.6) is 5.75 Å². The van der Waals surface area contributed by atoms with Crippen molar-refractivity contribution in [2.45, 2.75) is 37.9 Å². The number of benzene rings is 2. The number of ketones is 1. The summed E-state index contributed by atoms with van der Waals surface area (Å²) in [5, 5.41) is 26.7. The van der Waals surface area contributed by atoms with Crippen molar-refractivity contribution >= 4 is 11.7 Å². The highest BCUT2D eigenvalue weighted by atomic mass is 19.1. The van der Waals surface area contributed by atoms with E-state index in [2.05, 4.69) is 15.5 Å². The van der Waals surface area contributed by atoms with Crippen LogP contribution in [0.15, 0.2) is 53.1 Å². The summed E-state index contributed by atoms with van der Waals surface area (Å²) in [7, 11) is 0. The fourth-order valence-electron chi connectivity index (χ4n) is 3.48. The number of hydrogen-bond acceptors (Lipinski definition) is 8. The van der Waals surface area contributed by atoms with Gasteiger partial charge in [-0.25, -0.2) is 4.39 Å². The van der Waals surface area contributed by atoms with Gasteiger partial charge in [0.1, 0.15) is 11.6 Å². The molecule has 0 unspecified atom stereocenters. The van der Waals surface area contributed by atoms with Gasteiger partial charge >= 0.3 is 0 Å². The van der Waals surface area contributed by atoms with Crippen molar-refractivity contribution in [1.29, 1.82) is 0 Å². The fraction of sp³-hybridized carbons (Fsp3) is 0.360. The van der Waals surface area contributed by atoms with Crippen molar-refractivity contribution < 1.29 is 33.5 Å². The quantitative estimate of drug-likeness (QED) is 0.354. The number of nitrogens with one attached hydrogen (secondary N) is 1. The SMILES string of the molecule is CC[C@@H](Oc1ccc(C(=O)C2CC2)cc1)c1nc([C@@](O)(CO)CNC(=O)c2ccccc2F)no1. The summed E-state index contributed by atoms with van der Waals surface area (Å²) in [6, 6.07) is 12.2. The first-order chi connectivity index (χ1) is 16.8. The molecule has 1 fully saturated rings. The molecule has 1 saturated carbocycles. The molecule has 1 amide bonds. The van der Waals surface area contributed by atoms with Gasteiger partial charge in [0.05, 0.1) is 18.7 Å². The molecule has 9 nitrogen and oxygen atoms in total. The highest BCUT2D eigenvalue weighted by Crippen LogP contribution is 2.33. The minimum absolute atomic E-state index is 0.0629. The number of hydrogen-bond donors (Lipinski definition) is 3. The molecule has 1 heterocycles. The van der Waals surface area contributed by atoms with Gasteiger partial charge in [-0.05, 0) is 55.7 Å². The monoisotopic (exact) mass is 483 g/mol. The summed E-state index contributed by atoms with van der Waals surface area (Å²) in [5.74, 6) is -0.911. The number of rotatable bonds is 11. The highest BCUT2D eigenvalue weighted by molar-refractivity contribution is 5.99. The van der Waals surface area contributed by atoms with Crippen LogP contribution in [-0.2, 0) is 5.60 Å². The number of aromatic nitrogens is 2. The highest BCUT2D eigenvalue weighted by Gasteiger charge is 2.36. The first kappa shape index (κ1) is 24.5. The van der Waals surface area contributed by atoms with Crippen LogP contribution >= 0.6 is 0 Å². The molecule has 0 radical (unpaired) electrons. The summed E-state index contributed by atoms with van der Waals surface area (Å²) in [6.45, 7) is 0.536. The van der Waals surface area contributed by atoms with E-state index in [1.807, 2.05) is 6.92 Å². The Labute approximate surface area is 200 Å². The Kier molecular flexibility index (Phi) is 7.23. The molecular weight excluding hydrogens is 457 g/mol. The summed E-state index contributed by atoms with van der Waals surface area (Å²) >= 11 is 0. The van der Waals surface area contributed by atoms with E-state index in [0.29, 0.717) is 17.7 Å². The van der Waals surface area contributed by atoms with Gasteiger partial charge in [0.2, 0.25) is 5.82 Å². The van der Waals surface area contributed by atoms with Crippen molar-refractivity contribution in [2.24, 2.45) is 5.92 Å². The Morgan fingerprint density at radius 3 is 2.57 bits per heavy atom. The zero-order chi connectivity index (χ0) is 25.0. The summed E-state index contributed by atoms with van der Waals surface area (Å²) in [4.78, 5) is 28.6. The van der Waals surface area contributed by atoms with Crippen molar-refractivity contribution in [3.8, 4) is 5.75 Å². The Morgan fingerprint density at radius 1 is 1.23 bits per heavy atom. The molecule has 1 aliphatic rings. The molecular formula is C25H26FN3O6. The molecule has 1 aromatic heterocycles. The third kappa shape index (κ3) is 5.55. The number of aliphatic hydroxyl groups excluding tert-OH is 1. The molecule has 0 aliphatic heterocycles. The van der Waals surface area contributed by atoms with E-state index in [1.165, 1.54) is 18.2 Å². The summed E-state index contributed by atoms with van der Waals surface area (Å²) in [6.07, 6.45) is 1.66. The largest absolute Gasteiger partial charge is 0.481 e. The number of nitrogens with zero attached hydrogens (tertiary/aromatic N) is 2. The number of halogens is 1. The van der Waals surface area contributed by atoms with E-state index < -0.39 is 36.6 Å². The van der Waals surface area contributed by atoms with Crippen LogP contribution in [-0.4, -0.2) is 45.2 Å². The van der Waals surface area contributed by atoms with E-state index in [4.69, 9.17) is 9.26 Å². The van der Waals surface area contributed by atoms with Gasteiger partial charge in [-0.1, -0.05) is 24.2 Å². The predicted octanol–water partition coefficient (Wildman–Crippen LogP) is 2.94. The molecule has 184 valence electrons. The van der Waals surface area contributed by atoms with Crippen molar-refractivity contribution in [1.82, 2.24) is 15.5 Å². The number of Topliss-reactive ketones (excluding diaryl/α,β-unsaturated/α-hetero) is 1. The lowest BCUT2D eigenvalue weighted by molar-refractivity contribution is -0.0255. The molecule has 4 rings (SSSR count). The van der Waals surface area contributed by atoms with Crippen LogP contribution in [0.4, 0.5) is 4.39 Å². The van der Waals surface area contributed by atoms with Crippen LogP contribution in [0.3, 0.4) is 0 Å². The zero-order valence-corrected chi connectivity index (χ0v) is 19.1. The molecule has 0 spiro atoms. The molecule has 2 aromatic carbocycles. The molecule has 3 N–H and O–H groups in total. The molecule has 1 aliphatic carbocycles. The van der Waals surface area contributed by atoms with E-state index in [-0.39, 0.29) is 29.0 Å². The lowest BCUT2D eigenvalue weighted by atomic mass is 10.0. The molecule has 3 aromatic rings. The normalized spacial score (nSPS) is 15.8. The average Bonchev–Trinajstić information content (AvgIpc) is 3.62. The van der Waals surface area contributed by atoms with E-state index in [9.17, 15) is 24.2 Å². The summed E-state index contributed by atoms with van der Waals surface area (Å²) in [5.41, 5.74) is -1.63. The third-order valence-corrected chi connectivity index (χ3v) is 5.79. The Morgan fingerprint density at radius 2 is 1.94 bits per heavy atom. The second-order valence-electron chi connectivity index (χ2n) is 8.49. The Bertz CT molecular complexity index is 1190. The van der Waals surface area contributed by atoms with Crippen LogP contribution in [0.2, 0.25) is 0 Å². The maximum atomic E-state index is 13.8.